The second kappa shape index (κ2) is 8.08. The van der Waals surface area contributed by atoms with Crippen molar-refractivity contribution in [2.45, 2.75) is 20.4 Å². The van der Waals surface area contributed by atoms with Crippen molar-refractivity contribution in [2.75, 3.05) is 13.2 Å². The number of rotatable bonds is 5. The van der Waals surface area contributed by atoms with Gasteiger partial charge in [-0.15, -0.1) is 0 Å². The summed E-state index contributed by atoms with van der Waals surface area (Å²) in [6.07, 6.45) is 0. The van der Waals surface area contributed by atoms with E-state index in [9.17, 15) is 0 Å². The van der Waals surface area contributed by atoms with Crippen LogP contribution >= 0.6 is 0 Å². The van der Waals surface area contributed by atoms with Gasteiger partial charge in [0.15, 0.2) is 0 Å². The minimum Gasteiger partial charge on any atom is -0.479 e. The van der Waals surface area contributed by atoms with Gasteiger partial charge in [0.25, 0.3) is 0 Å². The molecule has 0 unspecified atom stereocenters. The maximum atomic E-state index is 5.73. The fraction of sp³-hybridized carbons (Fsp3) is 0.278. The van der Waals surface area contributed by atoms with Crippen molar-refractivity contribution in [3.63, 3.8) is 0 Å². The normalized spacial score (nSPS) is 9.81. The van der Waals surface area contributed by atoms with Crippen LogP contribution in [-0.2, 0) is 6.54 Å². The van der Waals surface area contributed by atoms with E-state index in [-0.39, 0.29) is 0 Å². The summed E-state index contributed by atoms with van der Waals surface area (Å²) in [4.78, 5) is 4.51. The highest BCUT2D eigenvalue weighted by molar-refractivity contribution is 5.34. The Morgan fingerprint density at radius 2 is 1.95 bits per heavy atom. The number of hydrogen-bond donors (Lipinski definition) is 1. The van der Waals surface area contributed by atoms with Gasteiger partial charge in [-0.05, 0) is 37.7 Å². The fourth-order valence-electron chi connectivity index (χ4n) is 1.87. The molecule has 0 saturated carbocycles. The summed E-state index contributed by atoms with van der Waals surface area (Å²) in [5.74, 6) is 6.90. The smallest absolute Gasteiger partial charge is 0.149 e. The van der Waals surface area contributed by atoms with Crippen LogP contribution in [-0.4, -0.2) is 18.1 Å². The van der Waals surface area contributed by atoms with Crippen LogP contribution in [0.15, 0.2) is 42.5 Å². The highest BCUT2D eigenvalue weighted by Crippen LogP contribution is 2.16. The first-order valence-corrected chi connectivity index (χ1v) is 7.13. The number of aromatic nitrogens is 1. The quantitative estimate of drug-likeness (QED) is 0.855. The van der Waals surface area contributed by atoms with Gasteiger partial charge in [-0.2, -0.15) is 0 Å². The van der Waals surface area contributed by atoms with Crippen molar-refractivity contribution in [2.24, 2.45) is 0 Å². The Balaban J connectivity index is 1.98. The highest BCUT2D eigenvalue weighted by atomic mass is 16.5. The van der Waals surface area contributed by atoms with Crippen LogP contribution in [0.5, 0.6) is 5.75 Å². The van der Waals surface area contributed by atoms with Crippen LogP contribution in [0.2, 0.25) is 0 Å². The topological polar surface area (TPSA) is 34.2 Å². The molecule has 0 radical (unpaired) electrons. The molecule has 0 bridgehead atoms. The van der Waals surface area contributed by atoms with Crippen LogP contribution in [0.4, 0.5) is 0 Å². The average Bonchev–Trinajstić information content (AvgIpc) is 2.52. The van der Waals surface area contributed by atoms with Crippen LogP contribution in [0.3, 0.4) is 0 Å². The molecule has 108 valence electrons. The summed E-state index contributed by atoms with van der Waals surface area (Å²) in [6, 6.07) is 13.8. The van der Waals surface area contributed by atoms with E-state index in [4.69, 9.17) is 4.74 Å². The molecule has 0 aliphatic heterocycles. The standard InChI is InChI=1S/C18H20N2O/c1-3-19-14-17-18(12-11-15(2)20-17)21-13-7-10-16-8-5-4-6-9-16/h4-6,8-9,11-12,19H,3,13-14H2,1-2H3. The van der Waals surface area contributed by atoms with E-state index >= 15 is 0 Å². The number of benzene rings is 1. The van der Waals surface area contributed by atoms with Gasteiger partial charge < -0.3 is 10.1 Å². The Labute approximate surface area is 126 Å². The van der Waals surface area contributed by atoms with E-state index in [0.29, 0.717) is 13.2 Å². The first-order valence-electron chi connectivity index (χ1n) is 7.13. The molecule has 2 aromatic rings. The molecule has 0 spiro atoms. The number of nitrogens with zero attached hydrogens (tertiary/aromatic N) is 1. The van der Waals surface area contributed by atoms with Gasteiger partial charge in [0, 0.05) is 17.8 Å². The number of nitrogens with one attached hydrogen (secondary N) is 1. The lowest BCUT2D eigenvalue weighted by Gasteiger charge is -2.09. The van der Waals surface area contributed by atoms with Crippen molar-refractivity contribution < 1.29 is 4.74 Å². The third-order valence-corrected chi connectivity index (χ3v) is 2.92. The zero-order valence-corrected chi connectivity index (χ0v) is 12.5. The van der Waals surface area contributed by atoms with Crippen molar-refractivity contribution in [1.82, 2.24) is 10.3 Å². The summed E-state index contributed by atoms with van der Waals surface area (Å²) in [7, 11) is 0. The van der Waals surface area contributed by atoms with Crippen LogP contribution < -0.4 is 10.1 Å². The summed E-state index contributed by atoms with van der Waals surface area (Å²) >= 11 is 0. The summed E-state index contributed by atoms with van der Waals surface area (Å²) < 4.78 is 5.73. The van der Waals surface area contributed by atoms with E-state index in [2.05, 4.69) is 29.1 Å². The molecule has 0 fully saturated rings. The molecule has 2 rings (SSSR count). The number of ether oxygens (including phenoxy) is 1. The molecule has 1 heterocycles. The molecule has 0 aliphatic rings. The Hall–Kier alpha value is -2.31. The van der Waals surface area contributed by atoms with Crippen molar-refractivity contribution in [3.8, 4) is 17.6 Å². The Morgan fingerprint density at radius 3 is 2.71 bits per heavy atom. The fourth-order valence-corrected chi connectivity index (χ4v) is 1.87. The Bertz CT molecular complexity index is 627. The molecule has 1 N–H and O–H groups in total. The molecule has 0 saturated heterocycles. The largest absolute Gasteiger partial charge is 0.479 e. The van der Waals surface area contributed by atoms with E-state index in [0.717, 1.165) is 29.2 Å². The summed E-state index contributed by atoms with van der Waals surface area (Å²) in [6.45, 7) is 6.03. The third kappa shape index (κ3) is 4.94. The minimum absolute atomic E-state index is 0.360. The van der Waals surface area contributed by atoms with Gasteiger partial charge in [-0.3, -0.25) is 4.98 Å². The predicted molar refractivity (Wildman–Crippen MR) is 85.2 cm³/mol. The molecule has 0 aliphatic carbocycles. The average molecular weight is 280 g/mol. The van der Waals surface area contributed by atoms with Crippen molar-refractivity contribution >= 4 is 0 Å². The van der Waals surface area contributed by atoms with Crippen LogP contribution in [0.25, 0.3) is 0 Å². The van der Waals surface area contributed by atoms with Gasteiger partial charge in [-0.25, -0.2) is 0 Å². The minimum atomic E-state index is 0.360. The maximum absolute atomic E-state index is 5.73. The molecule has 0 atom stereocenters. The highest BCUT2D eigenvalue weighted by Gasteiger charge is 2.04. The monoisotopic (exact) mass is 280 g/mol. The zero-order valence-electron chi connectivity index (χ0n) is 12.5. The lowest BCUT2D eigenvalue weighted by Crippen LogP contribution is -2.14. The number of hydrogen-bond acceptors (Lipinski definition) is 3. The molecule has 1 aromatic carbocycles. The van der Waals surface area contributed by atoms with Gasteiger partial charge in [0.05, 0.1) is 5.69 Å². The van der Waals surface area contributed by atoms with Crippen molar-refractivity contribution in [1.29, 1.82) is 0 Å². The van der Waals surface area contributed by atoms with Crippen LogP contribution in [0.1, 0.15) is 23.9 Å². The van der Waals surface area contributed by atoms with Crippen molar-refractivity contribution in [3.05, 3.63) is 59.4 Å². The summed E-state index contributed by atoms with van der Waals surface area (Å²) in [5, 5.41) is 3.27. The second-order valence-corrected chi connectivity index (χ2v) is 4.63. The molecule has 21 heavy (non-hydrogen) atoms. The molecule has 3 nitrogen and oxygen atoms in total. The zero-order chi connectivity index (χ0) is 14.9. The molecule has 3 heteroatoms. The van der Waals surface area contributed by atoms with Gasteiger partial charge in [0.1, 0.15) is 12.4 Å². The Kier molecular flexibility index (Phi) is 5.81. The lowest BCUT2D eigenvalue weighted by molar-refractivity contribution is 0.362. The number of aryl methyl sites for hydroxylation is 1. The van der Waals surface area contributed by atoms with E-state index in [1.165, 1.54) is 0 Å². The van der Waals surface area contributed by atoms with Crippen LogP contribution in [0, 0.1) is 18.8 Å². The van der Waals surface area contributed by atoms with E-state index < -0.39 is 0 Å². The first kappa shape index (κ1) is 15.1. The summed E-state index contributed by atoms with van der Waals surface area (Å²) in [5.41, 5.74) is 2.92. The second-order valence-electron chi connectivity index (χ2n) is 4.63. The Morgan fingerprint density at radius 1 is 1.14 bits per heavy atom. The van der Waals surface area contributed by atoms with E-state index in [1.54, 1.807) is 0 Å². The predicted octanol–water partition coefficient (Wildman–Crippen LogP) is 2.93. The van der Waals surface area contributed by atoms with Gasteiger partial charge in [0.2, 0.25) is 0 Å². The maximum Gasteiger partial charge on any atom is 0.149 e. The molecular formula is C18H20N2O. The number of pyridine rings is 1. The first-order chi connectivity index (χ1) is 10.3. The van der Waals surface area contributed by atoms with E-state index in [1.807, 2.05) is 49.4 Å². The molecular weight excluding hydrogens is 260 g/mol. The molecule has 0 amide bonds. The molecule has 1 aromatic heterocycles. The third-order valence-electron chi connectivity index (χ3n) is 2.92. The SMILES string of the molecule is CCNCc1nc(C)ccc1OCC#Cc1ccccc1. The van der Waals surface area contributed by atoms with Gasteiger partial charge in [-0.1, -0.05) is 37.0 Å². The lowest BCUT2D eigenvalue weighted by atomic mass is 10.2. The van der Waals surface area contributed by atoms with Gasteiger partial charge >= 0.3 is 0 Å².